The zero-order valence-electron chi connectivity index (χ0n) is 26.6. The summed E-state index contributed by atoms with van der Waals surface area (Å²) < 4.78 is 6.18. The van der Waals surface area contributed by atoms with Crippen molar-refractivity contribution in [2.24, 2.45) is 11.8 Å². The first-order chi connectivity index (χ1) is 20.6. The summed E-state index contributed by atoms with van der Waals surface area (Å²) in [5, 5.41) is 17.0. The molecule has 0 spiro atoms. The van der Waals surface area contributed by atoms with Gasteiger partial charge < -0.3 is 19.6 Å². The average Bonchev–Trinajstić information content (AvgIpc) is 3.37. The van der Waals surface area contributed by atoms with Crippen molar-refractivity contribution in [2.45, 2.75) is 64.6 Å². The van der Waals surface area contributed by atoms with Crippen molar-refractivity contribution in [2.75, 3.05) is 30.0 Å². The number of aliphatic hydroxyl groups excluding tert-OH is 1. The summed E-state index contributed by atoms with van der Waals surface area (Å²) in [6.45, 7) is 15.5. The number of hydrogen-bond acceptors (Lipinski definition) is 4. The Hall–Kier alpha value is -3.60. The second-order valence-electron chi connectivity index (χ2n) is 13.5. The number of benzene rings is 4. The molecule has 0 bridgehead atoms. The molecule has 43 heavy (non-hydrogen) atoms. The summed E-state index contributed by atoms with van der Waals surface area (Å²) >= 11 is 0. The van der Waals surface area contributed by atoms with Crippen LogP contribution in [0, 0.1) is 11.8 Å². The number of methoxy groups -OCH3 is 1. The zero-order valence-corrected chi connectivity index (χ0v) is 26.6. The molecule has 222 valence electrons. The van der Waals surface area contributed by atoms with E-state index in [4.69, 9.17) is 4.74 Å². The molecule has 2 atom stereocenters. The van der Waals surface area contributed by atoms with Gasteiger partial charge >= 0.3 is 0 Å². The lowest BCUT2D eigenvalue weighted by Gasteiger charge is -2.47. The van der Waals surface area contributed by atoms with Crippen LogP contribution in [-0.2, 0) is 15.6 Å². The van der Waals surface area contributed by atoms with Gasteiger partial charge in [-0.1, -0.05) is 101 Å². The van der Waals surface area contributed by atoms with Crippen molar-refractivity contribution in [3.8, 4) is 0 Å². The van der Waals surface area contributed by atoms with Crippen molar-refractivity contribution >= 4 is 32.9 Å². The molecule has 2 aliphatic heterocycles. The number of rotatable bonds is 5. The number of aliphatic hydroxyl groups is 1. The van der Waals surface area contributed by atoms with E-state index in [0.29, 0.717) is 0 Å². The molecule has 7 rings (SSSR count). The first-order valence-corrected chi connectivity index (χ1v) is 15.9. The molecule has 0 saturated heterocycles. The Morgan fingerprint density at radius 2 is 1.09 bits per heavy atom. The fraction of sp³-hybridized carbons (Fsp3) is 0.385. The predicted octanol–water partition coefficient (Wildman–Crippen LogP) is 8.32. The van der Waals surface area contributed by atoms with Gasteiger partial charge in [0.05, 0.1) is 12.2 Å². The van der Waals surface area contributed by atoms with Crippen LogP contribution in [0.4, 0.5) is 11.4 Å². The predicted molar refractivity (Wildman–Crippen MR) is 180 cm³/mol. The molecule has 4 heteroatoms. The summed E-state index contributed by atoms with van der Waals surface area (Å²) in [5.41, 5.74) is 7.42. The quantitative estimate of drug-likeness (QED) is 0.261. The smallest absolute Gasteiger partial charge is 0.0748 e. The maximum Gasteiger partial charge on any atom is 0.0748 e. The largest absolute Gasteiger partial charge is 0.392 e. The molecule has 3 aliphatic rings. The molecule has 4 aromatic carbocycles. The van der Waals surface area contributed by atoms with E-state index in [1.54, 1.807) is 7.11 Å². The molecule has 2 unspecified atom stereocenters. The van der Waals surface area contributed by atoms with Crippen molar-refractivity contribution in [1.82, 2.24) is 0 Å². The van der Waals surface area contributed by atoms with Gasteiger partial charge in [-0.3, -0.25) is 0 Å². The average molecular weight is 573 g/mol. The molecule has 1 fully saturated rings. The van der Waals surface area contributed by atoms with Crippen LogP contribution in [0.25, 0.3) is 21.5 Å². The number of allylic oxidation sites excluding steroid dienone is 2. The molecule has 0 aromatic heterocycles. The van der Waals surface area contributed by atoms with E-state index in [9.17, 15) is 5.11 Å². The molecule has 4 nitrogen and oxygen atoms in total. The molecule has 2 heterocycles. The molecule has 4 aromatic rings. The third-order valence-electron chi connectivity index (χ3n) is 10.7. The third kappa shape index (κ3) is 3.89. The Bertz CT molecular complexity index is 1670. The van der Waals surface area contributed by atoms with E-state index in [1.165, 1.54) is 55.4 Å². The van der Waals surface area contributed by atoms with Crippen LogP contribution in [0.1, 0.15) is 52.7 Å². The van der Waals surface area contributed by atoms with E-state index in [0.717, 1.165) is 13.1 Å². The van der Waals surface area contributed by atoms with Gasteiger partial charge in [-0.15, -0.1) is 0 Å². The van der Waals surface area contributed by atoms with Crippen molar-refractivity contribution < 1.29 is 9.84 Å². The highest BCUT2D eigenvalue weighted by molar-refractivity contribution is 5.96. The number of fused-ring (bicyclic) bond motifs is 6. The Balaban J connectivity index is 1.26. The second kappa shape index (κ2) is 9.97. The summed E-state index contributed by atoms with van der Waals surface area (Å²) in [7, 11) is 1.80. The molecule has 0 amide bonds. The van der Waals surface area contributed by atoms with Crippen LogP contribution in [0.5, 0.6) is 0 Å². The maximum atomic E-state index is 11.8. The Labute approximate surface area is 256 Å². The van der Waals surface area contributed by atoms with Crippen molar-refractivity contribution in [1.29, 1.82) is 0 Å². The zero-order chi connectivity index (χ0) is 30.3. The highest BCUT2D eigenvalue weighted by atomic mass is 16.5. The summed E-state index contributed by atoms with van der Waals surface area (Å²) in [4.78, 5) is 4.88. The van der Waals surface area contributed by atoms with Crippen LogP contribution in [0.15, 0.2) is 96.3 Å². The standard InChI is InChI=1S/C39H44N2O2/c1-8-40-30-20-18-24-14-10-12-16-26(24)34(30)38(3,4)32(40)22-28-36(42)29(37(28)43-7)23-33-39(5,6)35-27-17-13-11-15-25(27)19-21-31(35)41(33)9-2/h10-23,28-29,36-37,42H,8-9H2,1-7H3/b32-22+,33-23+. The molecular formula is C39H44N2O2. The van der Waals surface area contributed by atoms with Gasteiger partial charge in [0.1, 0.15) is 0 Å². The lowest BCUT2D eigenvalue weighted by Crippen LogP contribution is -2.55. The summed E-state index contributed by atoms with van der Waals surface area (Å²) in [6.07, 6.45) is 4.03. The molecular weight excluding hydrogens is 528 g/mol. The monoisotopic (exact) mass is 572 g/mol. The second-order valence-corrected chi connectivity index (χ2v) is 13.5. The van der Waals surface area contributed by atoms with Gasteiger partial charge in [0.15, 0.2) is 0 Å². The van der Waals surface area contributed by atoms with Gasteiger partial charge in [0, 0.05) is 65.6 Å². The van der Waals surface area contributed by atoms with E-state index < -0.39 is 6.10 Å². The molecule has 0 radical (unpaired) electrons. The fourth-order valence-corrected chi connectivity index (χ4v) is 8.57. The van der Waals surface area contributed by atoms with Crippen LogP contribution < -0.4 is 9.80 Å². The third-order valence-corrected chi connectivity index (χ3v) is 10.7. The Morgan fingerprint density at radius 3 is 1.49 bits per heavy atom. The topological polar surface area (TPSA) is 35.9 Å². The number of likely N-dealkylation sites (N-methyl/N-ethyl adjacent to an activating group) is 2. The number of ether oxygens (including phenoxy) is 1. The maximum absolute atomic E-state index is 11.8. The van der Waals surface area contributed by atoms with E-state index in [2.05, 4.69) is 136 Å². The highest BCUT2D eigenvalue weighted by Crippen LogP contribution is 2.54. The first-order valence-electron chi connectivity index (χ1n) is 15.9. The first kappa shape index (κ1) is 28.2. The normalized spacial score (nSPS) is 27.3. The lowest BCUT2D eigenvalue weighted by molar-refractivity contribution is -0.129. The lowest BCUT2D eigenvalue weighted by atomic mass is 9.66. The minimum Gasteiger partial charge on any atom is -0.392 e. The van der Waals surface area contributed by atoms with E-state index in [-0.39, 0.29) is 28.8 Å². The van der Waals surface area contributed by atoms with Gasteiger partial charge in [-0.25, -0.2) is 0 Å². The van der Waals surface area contributed by atoms with Gasteiger partial charge in [-0.05, 0) is 58.7 Å². The van der Waals surface area contributed by atoms with Crippen LogP contribution in [-0.4, -0.2) is 37.5 Å². The number of hydrogen-bond donors (Lipinski definition) is 1. The van der Waals surface area contributed by atoms with Crippen LogP contribution in [0.3, 0.4) is 0 Å². The summed E-state index contributed by atoms with van der Waals surface area (Å²) in [5.74, 6) is -0.169. The van der Waals surface area contributed by atoms with Crippen LogP contribution >= 0.6 is 0 Å². The molecule has 1 saturated carbocycles. The van der Waals surface area contributed by atoms with E-state index >= 15 is 0 Å². The fourth-order valence-electron chi connectivity index (χ4n) is 8.57. The van der Waals surface area contributed by atoms with Crippen molar-refractivity contribution in [3.05, 3.63) is 107 Å². The molecule has 1 aliphatic carbocycles. The Kier molecular flexibility index (Phi) is 6.54. The minimum atomic E-state index is -0.519. The van der Waals surface area contributed by atoms with E-state index in [1.807, 2.05) is 0 Å². The van der Waals surface area contributed by atoms with Gasteiger partial charge in [-0.2, -0.15) is 0 Å². The van der Waals surface area contributed by atoms with Crippen molar-refractivity contribution in [3.63, 3.8) is 0 Å². The molecule has 1 N–H and O–H groups in total. The number of nitrogens with zero attached hydrogens (tertiary/aromatic N) is 2. The van der Waals surface area contributed by atoms with Crippen LogP contribution in [0.2, 0.25) is 0 Å². The van der Waals surface area contributed by atoms with Gasteiger partial charge in [0.25, 0.3) is 0 Å². The summed E-state index contributed by atoms with van der Waals surface area (Å²) in [6, 6.07) is 26.4. The number of anilines is 2. The minimum absolute atomic E-state index is 0.0847. The van der Waals surface area contributed by atoms with Gasteiger partial charge in [0.2, 0.25) is 0 Å². The highest BCUT2D eigenvalue weighted by Gasteiger charge is 2.52. The SMILES string of the molecule is CCN1/C(=C/C2C(O)C(/C=C3/N(CC)c4ccc5ccccc5c4C3(C)C)C2OC)C(C)(C)c2c1ccc1ccccc21. The Morgan fingerprint density at radius 1 is 0.674 bits per heavy atom.